The molecule has 1 aliphatic rings. The lowest BCUT2D eigenvalue weighted by Gasteiger charge is -2.36. The van der Waals surface area contributed by atoms with Crippen LogP contribution in [-0.4, -0.2) is 18.6 Å². The lowest BCUT2D eigenvalue weighted by Crippen LogP contribution is -2.48. The number of carbonyl (C=O) groups excluding carboxylic acids is 1. The van der Waals surface area contributed by atoms with E-state index in [0.717, 1.165) is 31.4 Å². The summed E-state index contributed by atoms with van der Waals surface area (Å²) in [6, 6.07) is 7.49. The molecule has 1 aromatic rings. The van der Waals surface area contributed by atoms with Gasteiger partial charge in [0, 0.05) is 0 Å². The van der Waals surface area contributed by atoms with Crippen molar-refractivity contribution in [3.63, 3.8) is 0 Å². The highest BCUT2D eigenvalue weighted by Crippen LogP contribution is 2.34. The first-order valence-corrected chi connectivity index (χ1v) is 6.67. The molecule has 4 heteroatoms. The summed E-state index contributed by atoms with van der Waals surface area (Å²) in [5.41, 5.74) is 0.185. The first kappa shape index (κ1) is 13.2. The summed E-state index contributed by atoms with van der Waals surface area (Å²) in [7, 11) is 1.44. The Morgan fingerprint density at radius 2 is 1.94 bits per heavy atom. The topological polar surface area (TPSA) is 38.3 Å². The molecule has 1 aliphatic carbocycles. The summed E-state index contributed by atoms with van der Waals surface area (Å²) < 4.78 is 4.96. The molecule has 18 heavy (non-hydrogen) atoms. The third-order valence-corrected chi connectivity index (χ3v) is 3.86. The fourth-order valence-electron chi connectivity index (χ4n) is 2.55. The van der Waals surface area contributed by atoms with E-state index in [1.54, 1.807) is 0 Å². The number of halogens is 1. The Balaban J connectivity index is 2.25. The van der Waals surface area contributed by atoms with Crippen LogP contribution in [-0.2, 0) is 9.53 Å². The van der Waals surface area contributed by atoms with Gasteiger partial charge in [-0.3, -0.25) is 0 Å². The minimum Gasteiger partial charge on any atom is -0.467 e. The number of hydrogen-bond donors (Lipinski definition) is 1. The number of rotatable bonds is 3. The van der Waals surface area contributed by atoms with Crippen LogP contribution in [0.2, 0.25) is 5.02 Å². The zero-order chi connectivity index (χ0) is 13.0. The Kier molecular flexibility index (Phi) is 4.12. The molecule has 0 atom stereocenters. The minimum absolute atomic E-state index is 0.192. The molecule has 2 rings (SSSR count). The van der Waals surface area contributed by atoms with Crippen LogP contribution in [0, 0.1) is 0 Å². The van der Waals surface area contributed by atoms with Crippen molar-refractivity contribution in [1.29, 1.82) is 0 Å². The smallest absolute Gasteiger partial charge is 0.331 e. The van der Waals surface area contributed by atoms with E-state index in [9.17, 15) is 4.79 Å². The van der Waals surface area contributed by atoms with Crippen molar-refractivity contribution in [2.45, 2.75) is 37.6 Å². The van der Waals surface area contributed by atoms with Crippen LogP contribution in [0.5, 0.6) is 0 Å². The monoisotopic (exact) mass is 267 g/mol. The lowest BCUT2D eigenvalue weighted by molar-refractivity contribution is -0.147. The molecule has 98 valence electrons. The molecular formula is C14H18ClNO2. The van der Waals surface area contributed by atoms with Gasteiger partial charge in [-0.25, -0.2) is 4.79 Å². The molecule has 1 N–H and O–H groups in total. The number of methoxy groups -OCH3 is 1. The van der Waals surface area contributed by atoms with E-state index in [1.165, 1.54) is 13.5 Å². The SMILES string of the molecule is COC(=O)C1(Nc2ccccc2Cl)CCCCC1. The molecule has 1 saturated carbocycles. The largest absolute Gasteiger partial charge is 0.467 e. The number of ether oxygens (including phenoxy) is 1. The zero-order valence-electron chi connectivity index (χ0n) is 10.5. The third-order valence-electron chi connectivity index (χ3n) is 3.53. The van der Waals surface area contributed by atoms with Gasteiger partial charge in [-0.05, 0) is 25.0 Å². The summed E-state index contributed by atoms with van der Waals surface area (Å²) in [6.07, 6.45) is 4.83. The van der Waals surface area contributed by atoms with E-state index in [0.29, 0.717) is 5.02 Å². The normalized spacial score (nSPS) is 18.1. The van der Waals surface area contributed by atoms with Crippen LogP contribution in [0.3, 0.4) is 0 Å². The molecule has 0 radical (unpaired) electrons. The first-order chi connectivity index (χ1) is 8.68. The molecule has 0 amide bonds. The van der Waals surface area contributed by atoms with Crippen LogP contribution in [0.1, 0.15) is 32.1 Å². The van der Waals surface area contributed by atoms with Crippen molar-refractivity contribution < 1.29 is 9.53 Å². The van der Waals surface area contributed by atoms with Gasteiger partial charge in [-0.15, -0.1) is 0 Å². The molecule has 1 fully saturated rings. The highest BCUT2D eigenvalue weighted by molar-refractivity contribution is 6.33. The molecule has 0 aromatic heterocycles. The van der Waals surface area contributed by atoms with Gasteiger partial charge in [0.05, 0.1) is 17.8 Å². The van der Waals surface area contributed by atoms with Crippen LogP contribution in [0.15, 0.2) is 24.3 Å². The number of para-hydroxylation sites is 1. The van der Waals surface area contributed by atoms with Gasteiger partial charge in [0.15, 0.2) is 0 Å². The Hall–Kier alpha value is -1.22. The van der Waals surface area contributed by atoms with E-state index < -0.39 is 5.54 Å². The van der Waals surface area contributed by atoms with Gasteiger partial charge in [0.1, 0.15) is 5.54 Å². The summed E-state index contributed by atoms with van der Waals surface area (Å²) in [4.78, 5) is 12.1. The number of benzene rings is 1. The molecular weight excluding hydrogens is 250 g/mol. The van der Waals surface area contributed by atoms with Gasteiger partial charge in [-0.1, -0.05) is 43.0 Å². The second kappa shape index (κ2) is 5.61. The van der Waals surface area contributed by atoms with E-state index in [1.807, 2.05) is 24.3 Å². The predicted octanol–water partition coefficient (Wildman–Crippen LogP) is 3.63. The maximum absolute atomic E-state index is 12.1. The van der Waals surface area contributed by atoms with Crippen LogP contribution < -0.4 is 5.32 Å². The predicted molar refractivity (Wildman–Crippen MR) is 72.9 cm³/mol. The number of esters is 1. The molecule has 0 spiro atoms. The van der Waals surface area contributed by atoms with Gasteiger partial charge in [0.25, 0.3) is 0 Å². The van der Waals surface area contributed by atoms with Crippen molar-refractivity contribution in [2.24, 2.45) is 0 Å². The van der Waals surface area contributed by atoms with Gasteiger partial charge < -0.3 is 10.1 Å². The fraction of sp³-hybridized carbons (Fsp3) is 0.500. The Morgan fingerprint density at radius 3 is 2.56 bits per heavy atom. The summed E-state index contributed by atoms with van der Waals surface area (Å²) in [6.45, 7) is 0. The first-order valence-electron chi connectivity index (χ1n) is 6.29. The molecule has 0 heterocycles. The molecule has 0 saturated heterocycles. The van der Waals surface area contributed by atoms with Crippen molar-refractivity contribution in [3.8, 4) is 0 Å². The van der Waals surface area contributed by atoms with Crippen molar-refractivity contribution >= 4 is 23.3 Å². The molecule has 0 bridgehead atoms. The standard InChI is InChI=1S/C14H18ClNO2/c1-18-13(17)14(9-5-2-6-10-14)16-12-8-4-3-7-11(12)15/h3-4,7-8,16H,2,5-6,9-10H2,1H3. The second-order valence-electron chi connectivity index (χ2n) is 4.74. The molecule has 0 aliphatic heterocycles. The maximum Gasteiger partial charge on any atom is 0.331 e. The van der Waals surface area contributed by atoms with Gasteiger partial charge >= 0.3 is 5.97 Å². The summed E-state index contributed by atoms with van der Waals surface area (Å²) in [5, 5.41) is 3.94. The summed E-state index contributed by atoms with van der Waals surface area (Å²) in [5.74, 6) is -0.192. The highest BCUT2D eigenvalue weighted by atomic mass is 35.5. The molecule has 3 nitrogen and oxygen atoms in total. The number of carbonyl (C=O) groups is 1. The van der Waals surface area contributed by atoms with Gasteiger partial charge in [-0.2, -0.15) is 0 Å². The average Bonchev–Trinajstić information content (AvgIpc) is 2.41. The lowest BCUT2D eigenvalue weighted by atomic mass is 9.81. The minimum atomic E-state index is -0.613. The zero-order valence-corrected chi connectivity index (χ0v) is 11.3. The van der Waals surface area contributed by atoms with Crippen LogP contribution >= 0.6 is 11.6 Å². The molecule has 0 unspecified atom stereocenters. The Bertz CT molecular complexity index is 428. The highest BCUT2D eigenvalue weighted by Gasteiger charge is 2.40. The Labute approximate surface area is 112 Å². The summed E-state index contributed by atoms with van der Waals surface area (Å²) >= 11 is 6.14. The second-order valence-corrected chi connectivity index (χ2v) is 5.15. The van der Waals surface area contributed by atoms with E-state index >= 15 is 0 Å². The number of hydrogen-bond acceptors (Lipinski definition) is 3. The molecule has 1 aromatic carbocycles. The quantitative estimate of drug-likeness (QED) is 0.850. The maximum atomic E-state index is 12.1. The number of nitrogens with one attached hydrogen (secondary N) is 1. The average molecular weight is 268 g/mol. The van der Waals surface area contributed by atoms with Crippen molar-refractivity contribution in [3.05, 3.63) is 29.3 Å². The van der Waals surface area contributed by atoms with Crippen LogP contribution in [0.25, 0.3) is 0 Å². The van der Waals surface area contributed by atoms with E-state index in [2.05, 4.69) is 5.32 Å². The third kappa shape index (κ3) is 2.61. The van der Waals surface area contributed by atoms with E-state index in [4.69, 9.17) is 16.3 Å². The van der Waals surface area contributed by atoms with Crippen molar-refractivity contribution in [1.82, 2.24) is 0 Å². The van der Waals surface area contributed by atoms with E-state index in [-0.39, 0.29) is 5.97 Å². The number of anilines is 1. The Morgan fingerprint density at radius 1 is 1.28 bits per heavy atom. The van der Waals surface area contributed by atoms with Crippen LogP contribution in [0.4, 0.5) is 5.69 Å². The van der Waals surface area contributed by atoms with Gasteiger partial charge in [0.2, 0.25) is 0 Å². The van der Waals surface area contributed by atoms with Crippen molar-refractivity contribution in [2.75, 3.05) is 12.4 Å². The fourth-order valence-corrected chi connectivity index (χ4v) is 2.73.